The molecule has 1 aliphatic rings. The second-order valence-electron chi connectivity index (χ2n) is 9.32. The van der Waals surface area contributed by atoms with Crippen molar-refractivity contribution in [2.45, 2.75) is 58.0 Å². The van der Waals surface area contributed by atoms with Crippen LogP contribution in [0.1, 0.15) is 46.2 Å². The Bertz CT molecular complexity index is 1170. The SMILES string of the molecule is CC(C)(C)OC(=O)N[C@@H]1c2cc(-c3nc(-c4ccc(Br)cc4)no3)cnc2OC(C)(C)[C@H]1O. The average molecular weight is 517 g/mol. The van der Waals surface area contributed by atoms with Crippen molar-refractivity contribution in [3.8, 4) is 28.7 Å². The monoisotopic (exact) mass is 516 g/mol. The molecule has 1 amide bonds. The molecule has 9 nitrogen and oxygen atoms in total. The molecule has 33 heavy (non-hydrogen) atoms. The van der Waals surface area contributed by atoms with Gasteiger partial charge in [-0.15, -0.1) is 0 Å². The zero-order valence-electron chi connectivity index (χ0n) is 18.9. The summed E-state index contributed by atoms with van der Waals surface area (Å²) in [6.45, 7) is 8.75. The van der Waals surface area contributed by atoms with Gasteiger partial charge in [0.05, 0.1) is 11.6 Å². The van der Waals surface area contributed by atoms with Gasteiger partial charge >= 0.3 is 6.09 Å². The number of halogens is 1. The lowest BCUT2D eigenvalue weighted by Crippen LogP contribution is -2.54. The molecule has 3 aromatic rings. The Morgan fingerprint density at radius 3 is 2.58 bits per heavy atom. The molecule has 2 atom stereocenters. The Morgan fingerprint density at radius 1 is 1.21 bits per heavy atom. The van der Waals surface area contributed by atoms with Crippen LogP contribution in [-0.2, 0) is 4.74 Å². The van der Waals surface area contributed by atoms with Crippen molar-refractivity contribution < 1.29 is 23.9 Å². The maximum Gasteiger partial charge on any atom is 0.408 e. The van der Waals surface area contributed by atoms with E-state index in [1.165, 1.54) is 0 Å². The Kier molecular flexibility index (Phi) is 5.92. The minimum Gasteiger partial charge on any atom is -0.469 e. The van der Waals surface area contributed by atoms with Crippen LogP contribution >= 0.6 is 15.9 Å². The smallest absolute Gasteiger partial charge is 0.408 e. The number of amides is 1. The van der Waals surface area contributed by atoms with E-state index in [-0.39, 0.29) is 5.89 Å². The summed E-state index contributed by atoms with van der Waals surface area (Å²) >= 11 is 3.40. The first kappa shape index (κ1) is 23.2. The summed E-state index contributed by atoms with van der Waals surface area (Å²) in [6.07, 6.45) is -0.165. The van der Waals surface area contributed by atoms with Gasteiger partial charge in [0.15, 0.2) is 0 Å². The third-order valence-electron chi connectivity index (χ3n) is 5.05. The number of aliphatic hydroxyl groups excluding tert-OH is 1. The summed E-state index contributed by atoms with van der Waals surface area (Å²) in [5.41, 5.74) is 0.125. The summed E-state index contributed by atoms with van der Waals surface area (Å²) in [7, 11) is 0. The van der Waals surface area contributed by atoms with Crippen molar-refractivity contribution in [2.24, 2.45) is 0 Å². The van der Waals surface area contributed by atoms with E-state index in [4.69, 9.17) is 14.0 Å². The summed E-state index contributed by atoms with van der Waals surface area (Å²) < 4.78 is 17.7. The van der Waals surface area contributed by atoms with Crippen molar-refractivity contribution >= 4 is 22.0 Å². The number of fused-ring (bicyclic) bond motifs is 1. The van der Waals surface area contributed by atoms with Crippen LogP contribution in [0.2, 0.25) is 0 Å². The molecule has 1 aliphatic heterocycles. The number of carbonyl (C=O) groups is 1. The largest absolute Gasteiger partial charge is 0.469 e. The third kappa shape index (κ3) is 5.01. The van der Waals surface area contributed by atoms with Gasteiger partial charge in [-0.3, -0.25) is 0 Å². The number of ether oxygens (including phenoxy) is 2. The molecule has 3 heterocycles. The second-order valence-corrected chi connectivity index (χ2v) is 10.2. The number of hydrogen-bond donors (Lipinski definition) is 2. The van der Waals surface area contributed by atoms with E-state index >= 15 is 0 Å². The molecule has 0 bridgehead atoms. The van der Waals surface area contributed by atoms with Gasteiger partial charge in [0.1, 0.15) is 17.3 Å². The van der Waals surface area contributed by atoms with E-state index in [9.17, 15) is 9.90 Å². The Balaban J connectivity index is 1.67. The summed E-state index contributed by atoms with van der Waals surface area (Å²) in [4.78, 5) is 21.3. The zero-order chi connectivity index (χ0) is 24.0. The highest BCUT2D eigenvalue weighted by Crippen LogP contribution is 2.40. The summed E-state index contributed by atoms with van der Waals surface area (Å²) in [5, 5.41) is 17.7. The van der Waals surface area contributed by atoms with Crippen LogP contribution in [0.4, 0.5) is 4.79 Å². The fourth-order valence-electron chi connectivity index (χ4n) is 3.42. The van der Waals surface area contributed by atoms with Crippen LogP contribution in [0.15, 0.2) is 45.5 Å². The molecule has 0 radical (unpaired) electrons. The molecule has 0 unspecified atom stereocenters. The highest BCUT2D eigenvalue weighted by molar-refractivity contribution is 9.10. The number of rotatable bonds is 3. The Morgan fingerprint density at radius 2 is 1.91 bits per heavy atom. The van der Waals surface area contributed by atoms with E-state index in [0.717, 1.165) is 10.0 Å². The minimum absolute atomic E-state index is 0.249. The lowest BCUT2D eigenvalue weighted by atomic mass is 9.87. The number of carbonyl (C=O) groups excluding carboxylic acids is 1. The number of aliphatic hydroxyl groups is 1. The number of benzene rings is 1. The van der Waals surface area contributed by atoms with Gasteiger partial charge < -0.3 is 24.4 Å². The van der Waals surface area contributed by atoms with Crippen LogP contribution in [0, 0.1) is 0 Å². The van der Waals surface area contributed by atoms with Crippen LogP contribution in [0.25, 0.3) is 22.8 Å². The topological polar surface area (TPSA) is 120 Å². The molecular weight excluding hydrogens is 492 g/mol. The molecule has 0 fully saturated rings. The molecule has 1 aromatic carbocycles. The number of pyridine rings is 1. The minimum atomic E-state index is -1.06. The first-order valence-electron chi connectivity index (χ1n) is 10.4. The van der Waals surface area contributed by atoms with Gasteiger partial charge in [0.25, 0.3) is 5.89 Å². The predicted octanol–water partition coefficient (Wildman–Crippen LogP) is 4.66. The van der Waals surface area contributed by atoms with Crippen molar-refractivity contribution in [1.82, 2.24) is 20.4 Å². The molecule has 0 spiro atoms. The standard InChI is InChI=1S/C23H25BrN4O5/c1-22(2,3)32-21(30)26-16-15-10-13(11-25-20(15)31-23(4,5)17(16)29)19-27-18(28-33-19)12-6-8-14(24)9-7-12/h6-11,16-17,29H,1-5H3,(H,26,30)/t16-,17+/m1/s1. The van der Waals surface area contributed by atoms with Gasteiger partial charge in [0.2, 0.25) is 11.7 Å². The molecule has 0 saturated carbocycles. The van der Waals surface area contributed by atoms with Crippen LogP contribution in [0.5, 0.6) is 5.88 Å². The van der Waals surface area contributed by atoms with Gasteiger partial charge in [0, 0.05) is 21.8 Å². The molecule has 2 aromatic heterocycles. The van der Waals surface area contributed by atoms with Crippen LogP contribution in [-0.4, -0.2) is 43.6 Å². The molecule has 0 saturated heterocycles. The lowest BCUT2D eigenvalue weighted by Gasteiger charge is -2.41. The number of nitrogens with one attached hydrogen (secondary N) is 1. The highest BCUT2D eigenvalue weighted by atomic mass is 79.9. The highest BCUT2D eigenvalue weighted by Gasteiger charge is 2.45. The Labute approximate surface area is 199 Å². The average Bonchev–Trinajstić information content (AvgIpc) is 3.20. The fraction of sp³-hybridized carbons (Fsp3) is 0.391. The van der Waals surface area contributed by atoms with E-state index < -0.39 is 29.4 Å². The third-order valence-corrected chi connectivity index (χ3v) is 5.58. The maximum atomic E-state index is 12.5. The van der Waals surface area contributed by atoms with Gasteiger partial charge in [-0.1, -0.05) is 21.1 Å². The second kappa shape index (κ2) is 8.42. The number of aromatic nitrogens is 3. The lowest BCUT2D eigenvalue weighted by molar-refractivity contribution is -0.0680. The predicted molar refractivity (Wildman–Crippen MR) is 123 cm³/mol. The normalized spacial score (nSPS) is 19.4. The maximum absolute atomic E-state index is 12.5. The van der Waals surface area contributed by atoms with E-state index in [0.29, 0.717) is 22.8 Å². The van der Waals surface area contributed by atoms with Crippen molar-refractivity contribution in [2.75, 3.05) is 0 Å². The molecule has 2 N–H and O–H groups in total. The van der Waals surface area contributed by atoms with E-state index in [2.05, 4.69) is 36.4 Å². The number of hydrogen-bond acceptors (Lipinski definition) is 8. The Hall–Kier alpha value is -2.98. The van der Waals surface area contributed by atoms with Crippen molar-refractivity contribution in [3.63, 3.8) is 0 Å². The van der Waals surface area contributed by atoms with Crippen LogP contribution in [0.3, 0.4) is 0 Å². The first-order valence-corrected chi connectivity index (χ1v) is 11.2. The quantitative estimate of drug-likeness (QED) is 0.515. The van der Waals surface area contributed by atoms with E-state index in [1.54, 1.807) is 46.9 Å². The number of alkyl carbamates (subject to hydrolysis) is 1. The van der Waals surface area contributed by atoms with Gasteiger partial charge in [-0.2, -0.15) is 4.98 Å². The van der Waals surface area contributed by atoms with Crippen molar-refractivity contribution in [1.29, 1.82) is 0 Å². The molecule has 10 heteroatoms. The molecular formula is C23H25BrN4O5. The van der Waals surface area contributed by atoms with Gasteiger partial charge in [-0.05, 0) is 65.0 Å². The number of nitrogens with zero attached hydrogens (tertiary/aromatic N) is 3. The zero-order valence-corrected chi connectivity index (χ0v) is 20.5. The first-order chi connectivity index (χ1) is 15.4. The molecule has 4 rings (SSSR count). The summed E-state index contributed by atoms with van der Waals surface area (Å²) in [6, 6.07) is 8.41. The van der Waals surface area contributed by atoms with E-state index in [1.807, 2.05) is 24.3 Å². The van der Waals surface area contributed by atoms with Crippen molar-refractivity contribution in [3.05, 3.63) is 46.6 Å². The molecule has 174 valence electrons. The summed E-state index contributed by atoms with van der Waals surface area (Å²) in [5.74, 6) is 0.970. The fourth-order valence-corrected chi connectivity index (χ4v) is 3.69. The van der Waals surface area contributed by atoms with Gasteiger partial charge in [-0.25, -0.2) is 9.78 Å². The van der Waals surface area contributed by atoms with Crippen LogP contribution < -0.4 is 10.1 Å². The molecule has 0 aliphatic carbocycles.